The predicted octanol–water partition coefficient (Wildman–Crippen LogP) is 2.39. The van der Waals surface area contributed by atoms with Gasteiger partial charge in [0.05, 0.1) is 0 Å². The fraction of sp³-hybridized carbons (Fsp3) is 0.182. The molecular formula is C11H12O2. The Kier molecular flexibility index (Phi) is 2.85. The highest BCUT2D eigenvalue weighted by molar-refractivity contribution is 5.83. The molecule has 0 aliphatic heterocycles. The molecule has 68 valence electrons. The number of carbonyl (C=O) groups is 1. The third-order valence-electron chi connectivity index (χ3n) is 1.86. The van der Waals surface area contributed by atoms with Gasteiger partial charge < -0.3 is 4.74 Å². The highest BCUT2D eigenvalue weighted by Gasteiger charge is 2.00. The first-order valence-electron chi connectivity index (χ1n) is 4.05. The van der Waals surface area contributed by atoms with E-state index in [0.717, 1.165) is 11.6 Å². The smallest absolute Gasteiger partial charge is 0.335 e. The lowest BCUT2D eigenvalue weighted by atomic mass is 10.1. The number of hydrogen-bond donors (Lipinski definition) is 0. The maximum Gasteiger partial charge on any atom is 0.335 e. The molecule has 0 unspecified atom stereocenters. The van der Waals surface area contributed by atoms with Crippen LogP contribution < -0.4 is 4.74 Å². The van der Waals surface area contributed by atoms with E-state index < -0.39 is 5.97 Å². The zero-order valence-electron chi connectivity index (χ0n) is 7.83. The molecule has 0 aliphatic rings. The molecule has 0 heterocycles. The van der Waals surface area contributed by atoms with Crippen LogP contribution in [0.5, 0.6) is 5.75 Å². The van der Waals surface area contributed by atoms with Crippen LogP contribution in [0.15, 0.2) is 30.9 Å². The minimum absolute atomic E-state index is 0.428. The summed E-state index contributed by atoms with van der Waals surface area (Å²) in [6.07, 6.45) is 1.15. The number of hydrogen-bond acceptors (Lipinski definition) is 2. The van der Waals surface area contributed by atoms with Crippen molar-refractivity contribution in [2.75, 3.05) is 0 Å². The highest BCUT2D eigenvalue weighted by atomic mass is 16.5. The Morgan fingerprint density at radius 1 is 1.38 bits per heavy atom. The van der Waals surface area contributed by atoms with E-state index in [4.69, 9.17) is 4.74 Å². The lowest BCUT2D eigenvalue weighted by molar-refractivity contribution is -0.128. The van der Waals surface area contributed by atoms with E-state index in [1.165, 1.54) is 5.56 Å². The second-order valence-electron chi connectivity index (χ2n) is 2.87. The van der Waals surface area contributed by atoms with Crippen LogP contribution in [0.4, 0.5) is 0 Å². The number of rotatable bonds is 2. The monoisotopic (exact) mass is 176 g/mol. The van der Waals surface area contributed by atoms with Gasteiger partial charge in [0.15, 0.2) is 0 Å². The summed E-state index contributed by atoms with van der Waals surface area (Å²) in [5, 5.41) is 0. The Bertz CT molecular complexity index is 340. The normalized spacial score (nSPS) is 9.38. The molecule has 0 spiro atoms. The van der Waals surface area contributed by atoms with Crippen molar-refractivity contribution >= 4 is 5.97 Å². The topological polar surface area (TPSA) is 26.3 Å². The van der Waals surface area contributed by atoms with Gasteiger partial charge in [-0.3, -0.25) is 0 Å². The molecule has 0 aromatic heterocycles. The highest BCUT2D eigenvalue weighted by Crippen LogP contribution is 2.16. The Morgan fingerprint density at radius 3 is 2.62 bits per heavy atom. The van der Waals surface area contributed by atoms with Gasteiger partial charge in [-0.2, -0.15) is 0 Å². The number of carbonyl (C=O) groups excluding carboxylic acids is 1. The van der Waals surface area contributed by atoms with Crippen LogP contribution >= 0.6 is 0 Å². The average Bonchev–Trinajstić information content (AvgIpc) is 2.11. The van der Waals surface area contributed by atoms with Gasteiger partial charge in [0.2, 0.25) is 0 Å². The molecule has 0 bridgehead atoms. The summed E-state index contributed by atoms with van der Waals surface area (Å²) in [5.41, 5.74) is 2.28. The van der Waals surface area contributed by atoms with Crippen LogP contribution in [0.25, 0.3) is 0 Å². The Balaban J connectivity index is 2.85. The van der Waals surface area contributed by atoms with Crippen LogP contribution in [0.2, 0.25) is 0 Å². The van der Waals surface area contributed by atoms with Crippen LogP contribution in [-0.2, 0) is 4.79 Å². The van der Waals surface area contributed by atoms with Crippen molar-refractivity contribution in [3.63, 3.8) is 0 Å². The average molecular weight is 176 g/mol. The van der Waals surface area contributed by atoms with Gasteiger partial charge in [0.25, 0.3) is 0 Å². The van der Waals surface area contributed by atoms with E-state index >= 15 is 0 Å². The molecule has 0 fully saturated rings. The van der Waals surface area contributed by atoms with Crippen molar-refractivity contribution in [1.82, 2.24) is 0 Å². The number of esters is 1. The molecule has 2 nitrogen and oxygen atoms in total. The Hall–Kier alpha value is -1.57. The first-order valence-corrected chi connectivity index (χ1v) is 4.05. The van der Waals surface area contributed by atoms with Gasteiger partial charge >= 0.3 is 5.97 Å². The summed E-state index contributed by atoms with van der Waals surface area (Å²) < 4.78 is 4.94. The van der Waals surface area contributed by atoms with Crippen molar-refractivity contribution in [3.8, 4) is 5.75 Å². The minimum Gasteiger partial charge on any atom is -0.423 e. The molecule has 0 N–H and O–H groups in total. The minimum atomic E-state index is -0.428. The molecule has 1 aromatic carbocycles. The number of benzene rings is 1. The lowest BCUT2D eigenvalue weighted by Crippen LogP contribution is -2.03. The standard InChI is InChI=1S/C11H12O2/c1-4-11(12)13-10-6-5-8(2)9(3)7-10/h4-7H,1H2,2-3H3. The molecule has 0 amide bonds. The van der Waals surface area contributed by atoms with E-state index in [1.54, 1.807) is 6.07 Å². The zero-order chi connectivity index (χ0) is 9.84. The summed E-state index contributed by atoms with van der Waals surface area (Å²) in [5.74, 6) is 0.135. The van der Waals surface area contributed by atoms with Crippen molar-refractivity contribution in [3.05, 3.63) is 42.0 Å². The van der Waals surface area contributed by atoms with Crippen molar-refractivity contribution < 1.29 is 9.53 Å². The summed E-state index contributed by atoms with van der Waals surface area (Å²) in [7, 11) is 0. The van der Waals surface area contributed by atoms with E-state index in [0.29, 0.717) is 5.75 Å². The quantitative estimate of drug-likeness (QED) is 0.393. The van der Waals surface area contributed by atoms with Gasteiger partial charge in [-0.25, -0.2) is 4.79 Å². The number of aryl methyl sites for hydroxylation is 2. The summed E-state index contributed by atoms with van der Waals surface area (Å²) >= 11 is 0. The van der Waals surface area contributed by atoms with E-state index in [1.807, 2.05) is 26.0 Å². The third-order valence-corrected chi connectivity index (χ3v) is 1.86. The van der Waals surface area contributed by atoms with Crippen LogP contribution in [0, 0.1) is 13.8 Å². The first kappa shape index (κ1) is 9.52. The molecule has 0 radical (unpaired) electrons. The second kappa shape index (κ2) is 3.90. The summed E-state index contributed by atoms with van der Waals surface area (Å²) in [4.78, 5) is 10.8. The van der Waals surface area contributed by atoms with E-state index in [2.05, 4.69) is 6.58 Å². The fourth-order valence-corrected chi connectivity index (χ4v) is 0.935. The lowest BCUT2D eigenvalue weighted by Gasteiger charge is -2.04. The van der Waals surface area contributed by atoms with Gasteiger partial charge in [0, 0.05) is 6.08 Å². The largest absolute Gasteiger partial charge is 0.423 e. The second-order valence-corrected chi connectivity index (χ2v) is 2.87. The van der Waals surface area contributed by atoms with Gasteiger partial charge in [-0.15, -0.1) is 0 Å². The molecule has 0 atom stereocenters. The van der Waals surface area contributed by atoms with Crippen LogP contribution in [-0.4, -0.2) is 5.97 Å². The molecule has 0 aliphatic carbocycles. The van der Waals surface area contributed by atoms with Crippen molar-refractivity contribution in [1.29, 1.82) is 0 Å². The zero-order valence-corrected chi connectivity index (χ0v) is 7.83. The molecule has 0 saturated heterocycles. The van der Waals surface area contributed by atoms with Gasteiger partial charge in [-0.1, -0.05) is 12.6 Å². The molecule has 0 saturated carbocycles. The predicted molar refractivity (Wildman–Crippen MR) is 51.7 cm³/mol. The van der Waals surface area contributed by atoms with Crippen LogP contribution in [0.3, 0.4) is 0 Å². The van der Waals surface area contributed by atoms with E-state index in [9.17, 15) is 4.79 Å². The summed E-state index contributed by atoms with van der Waals surface area (Å²) in [6.45, 7) is 7.30. The Morgan fingerprint density at radius 2 is 2.08 bits per heavy atom. The maximum atomic E-state index is 10.8. The first-order chi connectivity index (χ1) is 6.13. The van der Waals surface area contributed by atoms with Crippen molar-refractivity contribution in [2.45, 2.75) is 13.8 Å². The molecular weight excluding hydrogens is 164 g/mol. The van der Waals surface area contributed by atoms with Gasteiger partial charge in [-0.05, 0) is 37.1 Å². The molecule has 1 aromatic rings. The maximum absolute atomic E-state index is 10.8. The van der Waals surface area contributed by atoms with Crippen molar-refractivity contribution in [2.24, 2.45) is 0 Å². The van der Waals surface area contributed by atoms with Crippen LogP contribution in [0.1, 0.15) is 11.1 Å². The molecule has 1 rings (SSSR count). The molecule has 2 heteroatoms. The fourth-order valence-electron chi connectivity index (χ4n) is 0.935. The third kappa shape index (κ3) is 2.44. The Labute approximate surface area is 77.8 Å². The number of ether oxygens (including phenoxy) is 1. The van der Waals surface area contributed by atoms with E-state index in [-0.39, 0.29) is 0 Å². The van der Waals surface area contributed by atoms with Gasteiger partial charge in [0.1, 0.15) is 5.75 Å². The SMILES string of the molecule is C=CC(=O)Oc1ccc(C)c(C)c1. The molecule has 13 heavy (non-hydrogen) atoms. The summed E-state index contributed by atoms with van der Waals surface area (Å²) in [6, 6.07) is 5.52.